The minimum absolute atomic E-state index is 0.209. The monoisotopic (exact) mass is 400 g/mol. The maximum atomic E-state index is 12.8. The Morgan fingerprint density at radius 2 is 1.71 bits per heavy atom. The number of carbonyl (C=O) groups is 1. The van der Waals surface area contributed by atoms with Crippen LogP contribution in [0.5, 0.6) is 0 Å². The molecular formula is C22H29ClN4O. The third kappa shape index (κ3) is 4.20. The molecule has 5 nitrogen and oxygen atoms in total. The van der Waals surface area contributed by atoms with Crippen LogP contribution >= 0.6 is 11.6 Å². The van der Waals surface area contributed by atoms with E-state index in [-0.39, 0.29) is 5.91 Å². The first-order valence-electron chi connectivity index (χ1n) is 10.3. The van der Waals surface area contributed by atoms with Gasteiger partial charge in [0.2, 0.25) is 0 Å². The lowest BCUT2D eigenvalue weighted by molar-refractivity contribution is 0.0753. The van der Waals surface area contributed by atoms with Crippen LogP contribution in [0.3, 0.4) is 0 Å². The SMILES string of the molecule is Cn1ccc2c1CCCN(CCCN1CCN(c3ccc(Cl)cc3)CC1)C2=O. The molecule has 2 aliphatic heterocycles. The number of rotatable bonds is 5. The van der Waals surface area contributed by atoms with E-state index in [0.29, 0.717) is 0 Å². The van der Waals surface area contributed by atoms with Gasteiger partial charge in [0.15, 0.2) is 0 Å². The number of piperazine rings is 1. The summed E-state index contributed by atoms with van der Waals surface area (Å²) in [4.78, 5) is 19.8. The molecule has 1 fully saturated rings. The number of carbonyl (C=O) groups excluding carboxylic acids is 1. The number of hydrogen-bond donors (Lipinski definition) is 0. The second-order valence-corrected chi connectivity index (χ2v) is 8.28. The third-order valence-electron chi connectivity index (χ3n) is 6.03. The minimum atomic E-state index is 0.209. The molecule has 2 aromatic rings. The molecule has 3 heterocycles. The zero-order valence-corrected chi connectivity index (χ0v) is 17.4. The zero-order valence-electron chi connectivity index (χ0n) is 16.6. The Labute approximate surface area is 172 Å². The van der Waals surface area contributed by atoms with Crippen molar-refractivity contribution in [3.05, 3.63) is 52.8 Å². The lowest BCUT2D eigenvalue weighted by atomic mass is 10.2. The highest BCUT2D eigenvalue weighted by Gasteiger charge is 2.24. The predicted octanol–water partition coefficient (Wildman–Crippen LogP) is 3.28. The molecule has 1 amide bonds. The van der Waals surface area contributed by atoms with Crippen molar-refractivity contribution in [1.82, 2.24) is 14.4 Å². The van der Waals surface area contributed by atoms with Gasteiger partial charge in [-0.1, -0.05) is 11.6 Å². The maximum Gasteiger partial charge on any atom is 0.255 e. The molecule has 1 saturated heterocycles. The largest absolute Gasteiger partial charge is 0.369 e. The molecule has 6 heteroatoms. The molecule has 0 spiro atoms. The van der Waals surface area contributed by atoms with Crippen LogP contribution in [0.15, 0.2) is 36.5 Å². The van der Waals surface area contributed by atoms with E-state index in [1.54, 1.807) is 0 Å². The fourth-order valence-electron chi connectivity index (χ4n) is 4.36. The highest BCUT2D eigenvalue weighted by atomic mass is 35.5. The Bertz CT molecular complexity index is 808. The van der Waals surface area contributed by atoms with Crippen LogP contribution in [-0.4, -0.2) is 66.1 Å². The average Bonchev–Trinajstić information content (AvgIpc) is 2.99. The maximum absolute atomic E-state index is 12.8. The lowest BCUT2D eigenvalue weighted by Crippen LogP contribution is -2.47. The van der Waals surface area contributed by atoms with Crippen LogP contribution in [0.25, 0.3) is 0 Å². The van der Waals surface area contributed by atoms with Gasteiger partial charge in [0.1, 0.15) is 0 Å². The van der Waals surface area contributed by atoms with Crippen molar-refractivity contribution in [1.29, 1.82) is 0 Å². The molecule has 150 valence electrons. The van der Waals surface area contributed by atoms with Crippen molar-refractivity contribution in [2.24, 2.45) is 7.05 Å². The van der Waals surface area contributed by atoms with Gasteiger partial charge in [0.25, 0.3) is 5.91 Å². The molecule has 0 aliphatic carbocycles. The molecule has 0 atom stereocenters. The smallest absolute Gasteiger partial charge is 0.255 e. The van der Waals surface area contributed by atoms with Crippen LogP contribution in [0, 0.1) is 0 Å². The van der Waals surface area contributed by atoms with E-state index in [1.165, 1.54) is 11.4 Å². The quantitative estimate of drug-likeness (QED) is 0.771. The number of amides is 1. The number of hydrogen-bond acceptors (Lipinski definition) is 3. The van der Waals surface area contributed by atoms with E-state index in [1.807, 2.05) is 31.4 Å². The van der Waals surface area contributed by atoms with Crippen LogP contribution in [0.1, 0.15) is 28.9 Å². The van der Waals surface area contributed by atoms with Crippen molar-refractivity contribution in [3.63, 3.8) is 0 Å². The van der Waals surface area contributed by atoms with Gasteiger partial charge >= 0.3 is 0 Å². The normalized spacial score (nSPS) is 18.3. The molecule has 0 bridgehead atoms. The van der Waals surface area contributed by atoms with Crippen molar-refractivity contribution in [2.45, 2.75) is 19.3 Å². The van der Waals surface area contributed by atoms with Gasteiger partial charge in [-0.05, 0) is 56.1 Å². The van der Waals surface area contributed by atoms with E-state index in [2.05, 4.69) is 31.4 Å². The van der Waals surface area contributed by atoms with Gasteiger partial charge in [-0.15, -0.1) is 0 Å². The molecule has 28 heavy (non-hydrogen) atoms. The van der Waals surface area contributed by atoms with Crippen LogP contribution in [0.2, 0.25) is 5.02 Å². The molecular weight excluding hydrogens is 372 g/mol. The number of aromatic nitrogens is 1. The molecule has 2 aliphatic rings. The average molecular weight is 401 g/mol. The Morgan fingerprint density at radius 3 is 2.46 bits per heavy atom. The standard InChI is InChI=1S/C22H29ClN4O/c1-24-13-9-20-21(24)4-2-11-27(22(20)28)12-3-10-25-14-16-26(17-15-25)19-7-5-18(23)6-8-19/h5-9,13H,2-4,10-12,14-17H2,1H3. The molecule has 0 unspecified atom stereocenters. The van der Waals surface area contributed by atoms with Gasteiger partial charge in [0.05, 0.1) is 5.56 Å². The minimum Gasteiger partial charge on any atom is -0.369 e. The summed E-state index contributed by atoms with van der Waals surface area (Å²) in [6.45, 7) is 7.00. The second kappa shape index (κ2) is 8.58. The summed E-state index contributed by atoms with van der Waals surface area (Å²) < 4.78 is 2.09. The number of nitrogens with zero attached hydrogens (tertiary/aromatic N) is 4. The van der Waals surface area contributed by atoms with E-state index in [9.17, 15) is 4.79 Å². The predicted molar refractivity (Wildman–Crippen MR) is 114 cm³/mol. The lowest BCUT2D eigenvalue weighted by Gasteiger charge is -2.36. The molecule has 0 saturated carbocycles. The van der Waals surface area contributed by atoms with E-state index in [0.717, 1.165) is 75.7 Å². The number of fused-ring (bicyclic) bond motifs is 1. The Balaban J connectivity index is 1.24. The summed E-state index contributed by atoms with van der Waals surface area (Å²) in [5.74, 6) is 0.209. The highest BCUT2D eigenvalue weighted by molar-refractivity contribution is 6.30. The van der Waals surface area contributed by atoms with Gasteiger partial charge in [-0.2, -0.15) is 0 Å². The summed E-state index contributed by atoms with van der Waals surface area (Å²) in [5, 5.41) is 0.785. The zero-order chi connectivity index (χ0) is 19.5. The number of halogens is 1. The topological polar surface area (TPSA) is 31.7 Å². The summed E-state index contributed by atoms with van der Waals surface area (Å²) in [7, 11) is 2.03. The summed E-state index contributed by atoms with van der Waals surface area (Å²) in [5.41, 5.74) is 3.33. The third-order valence-corrected chi connectivity index (χ3v) is 6.28. The summed E-state index contributed by atoms with van der Waals surface area (Å²) >= 11 is 5.99. The fourth-order valence-corrected chi connectivity index (χ4v) is 4.48. The van der Waals surface area contributed by atoms with Gasteiger partial charge in [-0.3, -0.25) is 9.69 Å². The van der Waals surface area contributed by atoms with E-state index < -0.39 is 0 Å². The van der Waals surface area contributed by atoms with Gasteiger partial charge in [0, 0.05) is 68.9 Å². The van der Waals surface area contributed by atoms with Crippen LogP contribution < -0.4 is 4.90 Å². The Kier molecular flexibility index (Phi) is 5.93. The summed E-state index contributed by atoms with van der Waals surface area (Å²) in [6.07, 6.45) is 5.09. The Morgan fingerprint density at radius 1 is 0.964 bits per heavy atom. The summed E-state index contributed by atoms with van der Waals surface area (Å²) in [6, 6.07) is 10.1. The number of anilines is 1. The van der Waals surface area contributed by atoms with Crippen molar-refractivity contribution in [2.75, 3.05) is 50.7 Å². The molecule has 4 rings (SSSR count). The van der Waals surface area contributed by atoms with E-state index in [4.69, 9.17) is 11.6 Å². The molecule has 1 aromatic carbocycles. The van der Waals surface area contributed by atoms with Crippen molar-refractivity contribution in [3.8, 4) is 0 Å². The second-order valence-electron chi connectivity index (χ2n) is 7.84. The molecule has 0 N–H and O–H groups in total. The number of aryl methyl sites for hydroxylation is 1. The first-order valence-corrected chi connectivity index (χ1v) is 10.7. The fraction of sp³-hybridized carbons (Fsp3) is 0.500. The molecule has 1 aromatic heterocycles. The van der Waals surface area contributed by atoms with Crippen LogP contribution in [0.4, 0.5) is 5.69 Å². The molecule has 0 radical (unpaired) electrons. The first kappa shape index (κ1) is 19.3. The van der Waals surface area contributed by atoms with Gasteiger partial charge in [-0.25, -0.2) is 0 Å². The van der Waals surface area contributed by atoms with Crippen LogP contribution in [-0.2, 0) is 13.5 Å². The van der Waals surface area contributed by atoms with Gasteiger partial charge < -0.3 is 14.4 Å². The van der Waals surface area contributed by atoms with Crippen molar-refractivity contribution < 1.29 is 4.79 Å². The highest BCUT2D eigenvalue weighted by Crippen LogP contribution is 2.21. The van der Waals surface area contributed by atoms with E-state index >= 15 is 0 Å². The van der Waals surface area contributed by atoms with Crippen molar-refractivity contribution >= 4 is 23.2 Å². The Hall–Kier alpha value is -1.98. The first-order chi connectivity index (χ1) is 13.6. The number of benzene rings is 1.